The van der Waals surface area contributed by atoms with Crippen LogP contribution in [0.4, 0.5) is 5.69 Å². The van der Waals surface area contributed by atoms with Crippen LogP contribution in [0.25, 0.3) is 0 Å². The smallest absolute Gasteiger partial charge is 0.240 e. The summed E-state index contributed by atoms with van der Waals surface area (Å²) >= 11 is 5.98. The van der Waals surface area contributed by atoms with Gasteiger partial charge in [-0.15, -0.1) is 0 Å². The molecule has 5 nitrogen and oxygen atoms in total. The molecule has 0 fully saturated rings. The van der Waals surface area contributed by atoms with Gasteiger partial charge in [0.15, 0.2) is 0 Å². The molecule has 2 N–H and O–H groups in total. The van der Waals surface area contributed by atoms with Gasteiger partial charge in [-0.3, -0.25) is 9.59 Å². The van der Waals surface area contributed by atoms with Gasteiger partial charge in [0, 0.05) is 29.1 Å². The molecule has 2 amide bonds. The average molecular weight is 344 g/mol. The molecule has 0 aliphatic heterocycles. The number of nitrogens with zero attached hydrogens (tertiary/aromatic N) is 1. The van der Waals surface area contributed by atoms with Crippen LogP contribution in [0.2, 0.25) is 5.02 Å². The number of rotatable bonds is 6. The van der Waals surface area contributed by atoms with Gasteiger partial charge < -0.3 is 5.32 Å². The maximum Gasteiger partial charge on any atom is 0.240 e. The first kappa shape index (κ1) is 17.7. The number of carbonyl (C=O) groups excluding carboxylic acids is 2. The monoisotopic (exact) mass is 343 g/mol. The Labute approximate surface area is 145 Å². The van der Waals surface area contributed by atoms with Crippen molar-refractivity contribution < 1.29 is 9.59 Å². The second kappa shape index (κ2) is 8.84. The lowest BCUT2D eigenvalue weighted by atomic mass is 10.2. The molecule has 0 atom stereocenters. The number of para-hydroxylation sites is 1. The molecule has 0 aliphatic rings. The van der Waals surface area contributed by atoms with E-state index in [4.69, 9.17) is 11.6 Å². The SMILES string of the molecule is Cc1ccccc1NC(=O)CCC(=O)N/N=C\c1ccccc1Cl. The summed E-state index contributed by atoms with van der Waals surface area (Å²) in [5.41, 5.74) is 4.81. The Morgan fingerprint density at radius 3 is 2.46 bits per heavy atom. The molecule has 6 heteroatoms. The van der Waals surface area contributed by atoms with Gasteiger partial charge >= 0.3 is 0 Å². The molecule has 0 bridgehead atoms. The summed E-state index contributed by atoms with van der Waals surface area (Å²) in [7, 11) is 0. The Morgan fingerprint density at radius 2 is 1.71 bits per heavy atom. The van der Waals surface area contributed by atoms with Crippen LogP contribution >= 0.6 is 11.6 Å². The lowest BCUT2D eigenvalue weighted by molar-refractivity contribution is -0.124. The second-order valence-electron chi connectivity index (χ2n) is 5.18. The molecule has 2 aromatic rings. The zero-order valence-electron chi connectivity index (χ0n) is 13.3. The Hall–Kier alpha value is -2.66. The standard InChI is InChI=1S/C18H18ClN3O2/c1-13-6-2-5-9-16(13)21-17(23)10-11-18(24)22-20-12-14-7-3-4-8-15(14)19/h2-9,12H,10-11H2,1H3,(H,21,23)(H,22,24)/b20-12-. The Morgan fingerprint density at radius 1 is 1.04 bits per heavy atom. The number of amides is 2. The minimum Gasteiger partial charge on any atom is -0.326 e. The van der Waals surface area contributed by atoms with E-state index in [9.17, 15) is 9.59 Å². The first-order chi connectivity index (χ1) is 11.6. The van der Waals surface area contributed by atoms with Gasteiger partial charge in [-0.2, -0.15) is 5.10 Å². The summed E-state index contributed by atoms with van der Waals surface area (Å²) in [4.78, 5) is 23.6. The number of anilines is 1. The van der Waals surface area contributed by atoms with E-state index in [-0.39, 0.29) is 24.7 Å². The fourth-order valence-electron chi connectivity index (χ4n) is 1.96. The van der Waals surface area contributed by atoms with E-state index in [1.54, 1.807) is 12.1 Å². The van der Waals surface area contributed by atoms with Crippen LogP contribution in [0.5, 0.6) is 0 Å². The molecular formula is C18H18ClN3O2. The second-order valence-corrected chi connectivity index (χ2v) is 5.58. The molecular weight excluding hydrogens is 326 g/mol. The highest BCUT2D eigenvalue weighted by molar-refractivity contribution is 6.33. The van der Waals surface area contributed by atoms with Crippen molar-refractivity contribution in [2.45, 2.75) is 19.8 Å². The highest BCUT2D eigenvalue weighted by atomic mass is 35.5. The van der Waals surface area contributed by atoms with E-state index in [0.29, 0.717) is 10.6 Å². The Balaban J connectivity index is 1.76. The number of hydrogen-bond donors (Lipinski definition) is 2. The Bertz CT molecular complexity index is 759. The third kappa shape index (κ3) is 5.52. The van der Waals surface area contributed by atoms with Crippen LogP contribution in [-0.4, -0.2) is 18.0 Å². The third-order valence-electron chi connectivity index (χ3n) is 3.30. The van der Waals surface area contributed by atoms with Crippen LogP contribution in [0.1, 0.15) is 24.0 Å². The number of halogens is 1. The molecule has 124 valence electrons. The van der Waals surface area contributed by atoms with E-state index in [0.717, 1.165) is 11.3 Å². The minimum atomic E-state index is -0.335. The molecule has 2 aromatic carbocycles. The molecule has 0 unspecified atom stereocenters. The van der Waals surface area contributed by atoms with E-state index in [2.05, 4.69) is 15.8 Å². The van der Waals surface area contributed by atoms with Gasteiger partial charge in [0.1, 0.15) is 0 Å². The molecule has 0 aliphatic carbocycles. The molecule has 2 rings (SSSR count). The normalized spacial score (nSPS) is 10.6. The zero-order chi connectivity index (χ0) is 17.4. The van der Waals surface area contributed by atoms with Gasteiger partial charge in [-0.05, 0) is 24.6 Å². The van der Waals surface area contributed by atoms with Crippen molar-refractivity contribution >= 4 is 35.3 Å². The highest BCUT2D eigenvalue weighted by Crippen LogP contribution is 2.14. The summed E-state index contributed by atoms with van der Waals surface area (Å²) in [6.45, 7) is 1.91. The maximum absolute atomic E-state index is 11.9. The van der Waals surface area contributed by atoms with Gasteiger partial charge in [0.05, 0.1) is 6.21 Å². The summed E-state index contributed by atoms with van der Waals surface area (Å²) in [5, 5.41) is 7.17. The summed E-state index contributed by atoms with van der Waals surface area (Å²) in [6, 6.07) is 14.6. The molecule has 24 heavy (non-hydrogen) atoms. The lowest BCUT2D eigenvalue weighted by Crippen LogP contribution is -2.20. The molecule has 0 spiro atoms. The van der Waals surface area contributed by atoms with Crippen molar-refractivity contribution in [2.24, 2.45) is 5.10 Å². The summed E-state index contributed by atoms with van der Waals surface area (Å²) in [6.07, 6.45) is 1.60. The van der Waals surface area contributed by atoms with Crippen LogP contribution in [0.3, 0.4) is 0 Å². The average Bonchev–Trinajstić information content (AvgIpc) is 2.57. The van der Waals surface area contributed by atoms with Crippen LogP contribution in [-0.2, 0) is 9.59 Å². The lowest BCUT2D eigenvalue weighted by Gasteiger charge is -2.07. The van der Waals surface area contributed by atoms with Crippen molar-refractivity contribution in [1.82, 2.24) is 5.43 Å². The number of hydrazone groups is 1. The van der Waals surface area contributed by atoms with Crippen molar-refractivity contribution in [3.05, 3.63) is 64.7 Å². The van der Waals surface area contributed by atoms with Crippen LogP contribution < -0.4 is 10.7 Å². The molecule has 0 heterocycles. The molecule has 0 aromatic heterocycles. The highest BCUT2D eigenvalue weighted by Gasteiger charge is 2.07. The van der Waals surface area contributed by atoms with Crippen LogP contribution in [0, 0.1) is 6.92 Å². The van der Waals surface area contributed by atoms with E-state index >= 15 is 0 Å². The van der Waals surface area contributed by atoms with Crippen molar-refractivity contribution in [1.29, 1.82) is 0 Å². The predicted octanol–water partition coefficient (Wildman–Crippen LogP) is 3.52. The van der Waals surface area contributed by atoms with Gasteiger partial charge in [-0.1, -0.05) is 48.0 Å². The fraction of sp³-hybridized carbons (Fsp3) is 0.167. The summed E-state index contributed by atoms with van der Waals surface area (Å²) in [5.74, 6) is -0.548. The zero-order valence-corrected chi connectivity index (χ0v) is 14.0. The minimum absolute atomic E-state index is 0.0532. The molecule has 0 saturated heterocycles. The van der Waals surface area contributed by atoms with Crippen molar-refractivity contribution in [3.63, 3.8) is 0 Å². The van der Waals surface area contributed by atoms with Crippen molar-refractivity contribution in [3.8, 4) is 0 Å². The predicted molar refractivity (Wildman–Crippen MR) is 96.2 cm³/mol. The number of nitrogens with one attached hydrogen (secondary N) is 2. The van der Waals surface area contributed by atoms with E-state index in [1.165, 1.54) is 6.21 Å². The number of carbonyl (C=O) groups is 2. The quantitative estimate of drug-likeness (QED) is 0.622. The topological polar surface area (TPSA) is 70.6 Å². The van der Waals surface area contributed by atoms with Gasteiger partial charge in [0.2, 0.25) is 11.8 Å². The first-order valence-electron chi connectivity index (χ1n) is 7.48. The Kier molecular flexibility index (Phi) is 6.51. The number of hydrogen-bond acceptors (Lipinski definition) is 3. The van der Waals surface area contributed by atoms with Crippen LogP contribution in [0.15, 0.2) is 53.6 Å². The number of benzene rings is 2. The molecule has 0 radical (unpaired) electrons. The molecule has 0 saturated carbocycles. The largest absolute Gasteiger partial charge is 0.326 e. The maximum atomic E-state index is 11.9. The summed E-state index contributed by atoms with van der Waals surface area (Å²) < 4.78 is 0. The van der Waals surface area contributed by atoms with E-state index in [1.807, 2.05) is 43.3 Å². The van der Waals surface area contributed by atoms with Crippen molar-refractivity contribution in [2.75, 3.05) is 5.32 Å². The van der Waals surface area contributed by atoms with E-state index < -0.39 is 0 Å². The fourth-order valence-corrected chi connectivity index (χ4v) is 2.15. The number of aryl methyl sites for hydroxylation is 1. The van der Waals surface area contributed by atoms with Gasteiger partial charge in [-0.25, -0.2) is 5.43 Å². The first-order valence-corrected chi connectivity index (χ1v) is 7.86. The third-order valence-corrected chi connectivity index (χ3v) is 3.64. The van der Waals surface area contributed by atoms with Gasteiger partial charge in [0.25, 0.3) is 0 Å².